The smallest absolute Gasteiger partial charge is 0.262 e. The Bertz CT molecular complexity index is 868. The van der Waals surface area contributed by atoms with Crippen LogP contribution in [0.4, 0.5) is 5.00 Å². The number of aryl methyl sites for hydroxylation is 1. The lowest BCUT2D eigenvalue weighted by molar-refractivity contribution is -0.116. The first-order chi connectivity index (χ1) is 11.9. The highest BCUT2D eigenvalue weighted by atomic mass is 32.1. The first kappa shape index (κ1) is 16.8. The monoisotopic (exact) mass is 357 g/mol. The van der Waals surface area contributed by atoms with Crippen molar-refractivity contribution in [1.82, 2.24) is 4.90 Å². The number of hydrogen-bond donors (Lipinski definition) is 2. The summed E-state index contributed by atoms with van der Waals surface area (Å²) in [6.07, 6.45) is 0.694. The summed E-state index contributed by atoms with van der Waals surface area (Å²) >= 11 is 1.24. The molecule has 7 nitrogen and oxygen atoms in total. The van der Waals surface area contributed by atoms with E-state index in [0.717, 1.165) is 9.78 Å². The number of benzene rings is 1. The minimum atomic E-state index is -0.646. The molecule has 0 radical (unpaired) electrons. The normalized spacial score (nSPS) is 13.1. The van der Waals surface area contributed by atoms with E-state index in [0.29, 0.717) is 11.4 Å². The SMILES string of the molecule is CCc1cc(C(N)=O)c(NC(=O)CN2C(=O)c3ccccc3C2=O)s1. The zero-order valence-corrected chi connectivity index (χ0v) is 14.2. The topological polar surface area (TPSA) is 110 Å². The van der Waals surface area contributed by atoms with Gasteiger partial charge in [-0.05, 0) is 24.6 Å². The van der Waals surface area contributed by atoms with Gasteiger partial charge in [0.05, 0.1) is 16.7 Å². The van der Waals surface area contributed by atoms with Crippen LogP contribution < -0.4 is 11.1 Å². The largest absolute Gasteiger partial charge is 0.366 e. The van der Waals surface area contributed by atoms with Gasteiger partial charge in [0.25, 0.3) is 17.7 Å². The summed E-state index contributed by atoms with van der Waals surface area (Å²) in [4.78, 5) is 50.1. The number of carbonyl (C=O) groups excluding carboxylic acids is 4. The van der Waals surface area contributed by atoms with Gasteiger partial charge in [0.2, 0.25) is 5.91 Å². The van der Waals surface area contributed by atoms with Gasteiger partial charge in [-0.1, -0.05) is 19.1 Å². The molecule has 2 aromatic rings. The maximum atomic E-state index is 12.3. The highest BCUT2D eigenvalue weighted by Gasteiger charge is 2.36. The summed E-state index contributed by atoms with van der Waals surface area (Å²) < 4.78 is 0. The molecule has 4 amide bonds. The van der Waals surface area contributed by atoms with Crippen molar-refractivity contribution in [2.24, 2.45) is 5.73 Å². The van der Waals surface area contributed by atoms with E-state index in [4.69, 9.17) is 5.73 Å². The second-order valence-electron chi connectivity index (χ2n) is 5.46. The summed E-state index contributed by atoms with van der Waals surface area (Å²) in [6, 6.07) is 8.04. The number of thiophene rings is 1. The van der Waals surface area contributed by atoms with Gasteiger partial charge in [-0.2, -0.15) is 0 Å². The van der Waals surface area contributed by atoms with Gasteiger partial charge in [0.15, 0.2) is 0 Å². The number of imide groups is 1. The van der Waals surface area contributed by atoms with Gasteiger partial charge >= 0.3 is 0 Å². The van der Waals surface area contributed by atoms with Gasteiger partial charge in [0, 0.05) is 4.88 Å². The molecule has 0 atom stereocenters. The third-order valence-electron chi connectivity index (χ3n) is 3.83. The van der Waals surface area contributed by atoms with E-state index in [1.807, 2.05) is 6.92 Å². The summed E-state index contributed by atoms with van der Waals surface area (Å²) in [5.41, 5.74) is 6.10. The number of nitrogens with one attached hydrogen (secondary N) is 1. The summed E-state index contributed by atoms with van der Waals surface area (Å²) in [7, 11) is 0. The van der Waals surface area contributed by atoms with Crippen LogP contribution in [0.2, 0.25) is 0 Å². The highest BCUT2D eigenvalue weighted by Crippen LogP contribution is 2.28. The minimum Gasteiger partial charge on any atom is -0.366 e. The van der Waals surface area contributed by atoms with Gasteiger partial charge in [-0.25, -0.2) is 0 Å². The Morgan fingerprint density at radius 2 is 1.76 bits per heavy atom. The van der Waals surface area contributed by atoms with E-state index in [9.17, 15) is 19.2 Å². The van der Waals surface area contributed by atoms with Crippen molar-refractivity contribution in [2.75, 3.05) is 11.9 Å². The zero-order valence-electron chi connectivity index (χ0n) is 13.4. The van der Waals surface area contributed by atoms with Crippen LogP contribution in [0, 0.1) is 0 Å². The molecular weight excluding hydrogens is 342 g/mol. The Morgan fingerprint density at radius 3 is 2.28 bits per heavy atom. The molecule has 1 aliphatic heterocycles. The third-order valence-corrected chi connectivity index (χ3v) is 5.02. The van der Waals surface area contributed by atoms with Crippen LogP contribution in [0.5, 0.6) is 0 Å². The van der Waals surface area contributed by atoms with Crippen molar-refractivity contribution in [3.05, 3.63) is 51.9 Å². The number of hydrogen-bond acceptors (Lipinski definition) is 5. The molecule has 0 spiro atoms. The molecule has 1 aliphatic rings. The lowest BCUT2D eigenvalue weighted by Gasteiger charge is -2.13. The molecule has 3 N–H and O–H groups in total. The fraction of sp³-hybridized carbons (Fsp3) is 0.176. The molecule has 0 saturated carbocycles. The van der Waals surface area contributed by atoms with Crippen LogP contribution in [0.15, 0.2) is 30.3 Å². The van der Waals surface area contributed by atoms with E-state index >= 15 is 0 Å². The molecule has 0 bridgehead atoms. The Labute approximate surface area is 147 Å². The maximum Gasteiger partial charge on any atom is 0.262 e. The highest BCUT2D eigenvalue weighted by molar-refractivity contribution is 7.16. The molecule has 1 aromatic carbocycles. The van der Waals surface area contributed by atoms with Crippen molar-refractivity contribution in [1.29, 1.82) is 0 Å². The molecule has 0 fully saturated rings. The number of nitrogens with two attached hydrogens (primary N) is 1. The van der Waals surface area contributed by atoms with Crippen molar-refractivity contribution in [2.45, 2.75) is 13.3 Å². The van der Waals surface area contributed by atoms with Crippen LogP contribution in [0.3, 0.4) is 0 Å². The van der Waals surface area contributed by atoms with Crippen LogP contribution in [-0.4, -0.2) is 35.1 Å². The molecule has 1 aromatic heterocycles. The summed E-state index contributed by atoms with van der Waals surface area (Å²) in [6.45, 7) is 1.49. The third kappa shape index (κ3) is 3.03. The van der Waals surface area contributed by atoms with Crippen LogP contribution >= 0.6 is 11.3 Å². The van der Waals surface area contributed by atoms with E-state index in [-0.39, 0.29) is 16.7 Å². The molecule has 2 heterocycles. The number of fused-ring (bicyclic) bond motifs is 1. The predicted molar refractivity (Wildman–Crippen MR) is 92.7 cm³/mol. The average Bonchev–Trinajstić information content (AvgIpc) is 3.10. The van der Waals surface area contributed by atoms with Gasteiger partial charge < -0.3 is 11.1 Å². The van der Waals surface area contributed by atoms with Gasteiger partial charge in [0.1, 0.15) is 11.5 Å². The molecule has 0 saturated heterocycles. The molecular formula is C17H15N3O4S. The number of primary amides is 1. The molecule has 8 heteroatoms. The number of amides is 4. The van der Waals surface area contributed by atoms with Crippen molar-refractivity contribution >= 4 is 40.0 Å². The Kier molecular flexibility index (Phi) is 4.37. The lowest BCUT2D eigenvalue weighted by atomic mass is 10.1. The predicted octanol–water partition coefficient (Wildman–Crippen LogP) is 1.64. The average molecular weight is 357 g/mol. The van der Waals surface area contributed by atoms with Crippen LogP contribution in [0.25, 0.3) is 0 Å². The second kappa shape index (κ2) is 6.48. The number of carbonyl (C=O) groups is 4. The fourth-order valence-electron chi connectivity index (χ4n) is 2.58. The van der Waals surface area contributed by atoms with E-state index in [2.05, 4.69) is 5.32 Å². The zero-order chi connectivity index (χ0) is 18.1. The quantitative estimate of drug-likeness (QED) is 0.793. The fourth-order valence-corrected chi connectivity index (χ4v) is 3.60. The van der Waals surface area contributed by atoms with Crippen LogP contribution in [0.1, 0.15) is 42.9 Å². The summed E-state index contributed by atoms with van der Waals surface area (Å²) in [5.74, 6) is -2.23. The van der Waals surface area contributed by atoms with Crippen molar-refractivity contribution in [3.63, 3.8) is 0 Å². The van der Waals surface area contributed by atoms with Crippen molar-refractivity contribution < 1.29 is 19.2 Å². The Balaban J connectivity index is 1.76. The Morgan fingerprint density at radius 1 is 1.16 bits per heavy atom. The maximum absolute atomic E-state index is 12.3. The lowest BCUT2D eigenvalue weighted by Crippen LogP contribution is -2.37. The first-order valence-electron chi connectivity index (χ1n) is 7.60. The standard InChI is InChI=1S/C17H15N3O4S/c1-2-9-7-12(14(18)22)15(25-9)19-13(21)8-20-16(23)10-5-3-4-6-11(10)17(20)24/h3-7H,2,8H2,1H3,(H2,18,22)(H,19,21). The van der Waals surface area contributed by atoms with Gasteiger partial charge in [-0.3, -0.25) is 24.1 Å². The summed E-state index contributed by atoms with van der Waals surface area (Å²) in [5, 5.41) is 2.90. The molecule has 128 valence electrons. The van der Waals surface area contributed by atoms with Crippen LogP contribution in [-0.2, 0) is 11.2 Å². The molecule has 25 heavy (non-hydrogen) atoms. The molecule has 3 rings (SSSR count). The van der Waals surface area contributed by atoms with Crippen molar-refractivity contribution in [3.8, 4) is 0 Å². The first-order valence-corrected chi connectivity index (χ1v) is 8.41. The molecule has 0 aliphatic carbocycles. The van der Waals surface area contributed by atoms with E-state index < -0.39 is 30.2 Å². The number of rotatable bonds is 5. The minimum absolute atomic E-state index is 0.220. The van der Waals surface area contributed by atoms with E-state index in [1.165, 1.54) is 11.3 Å². The number of nitrogens with zero attached hydrogens (tertiary/aromatic N) is 1. The second-order valence-corrected chi connectivity index (χ2v) is 6.60. The Hall–Kier alpha value is -3.00. The van der Waals surface area contributed by atoms with E-state index in [1.54, 1.807) is 30.3 Å². The number of anilines is 1. The van der Waals surface area contributed by atoms with Gasteiger partial charge in [-0.15, -0.1) is 11.3 Å². The molecule has 0 unspecified atom stereocenters.